The molecule has 0 unspecified atom stereocenters. The van der Waals surface area contributed by atoms with E-state index in [-0.39, 0.29) is 5.92 Å². The van der Waals surface area contributed by atoms with Crippen LogP contribution < -0.4 is 10.5 Å². The van der Waals surface area contributed by atoms with Gasteiger partial charge in [0.15, 0.2) is 5.82 Å². The maximum Gasteiger partial charge on any atom is 0.213 e. The average molecular weight is 323 g/mol. The highest BCUT2D eigenvalue weighted by Crippen LogP contribution is 2.29. The van der Waals surface area contributed by atoms with Gasteiger partial charge in [0.2, 0.25) is 5.88 Å². The van der Waals surface area contributed by atoms with E-state index in [4.69, 9.17) is 10.5 Å². The summed E-state index contributed by atoms with van der Waals surface area (Å²) in [4.78, 5) is 13.1. The van der Waals surface area contributed by atoms with Crippen LogP contribution in [-0.4, -0.2) is 22.1 Å². The Bertz CT molecular complexity index is 601. The van der Waals surface area contributed by atoms with Crippen LogP contribution >= 0.6 is 15.9 Å². The molecule has 0 aliphatic rings. The Morgan fingerprint density at radius 3 is 2.58 bits per heavy atom. The normalized spacial score (nSPS) is 10.8. The van der Waals surface area contributed by atoms with Crippen molar-refractivity contribution in [2.45, 2.75) is 19.8 Å². The molecule has 0 amide bonds. The fourth-order valence-electron chi connectivity index (χ4n) is 1.63. The van der Waals surface area contributed by atoms with Gasteiger partial charge in [0.05, 0.1) is 17.3 Å². The van der Waals surface area contributed by atoms with Gasteiger partial charge in [-0.3, -0.25) is 0 Å². The van der Waals surface area contributed by atoms with Crippen LogP contribution in [0.1, 0.15) is 25.5 Å². The number of nitrogen functional groups attached to an aromatic ring is 1. The smallest absolute Gasteiger partial charge is 0.213 e. The van der Waals surface area contributed by atoms with E-state index in [2.05, 4.69) is 44.7 Å². The molecule has 2 N–H and O–H groups in total. The lowest BCUT2D eigenvalue weighted by atomic mass is 10.1. The molecule has 6 heteroatoms. The topological polar surface area (TPSA) is 73.9 Å². The summed E-state index contributed by atoms with van der Waals surface area (Å²) in [5, 5.41) is 0. The molecule has 0 saturated carbocycles. The number of anilines is 1. The molecule has 0 bridgehead atoms. The highest BCUT2D eigenvalue weighted by molar-refractivity contribution is 9.10. The van der Waals surface area contributed by atoms with Gasteiger partial charge < -0.3 is 10.5 Å². The van der Waals surface area contributed by atoms with Crippen LogP contribution in [0.25, 0.3) is 11.5 Å². The van der Waals surface area contributed by atoms with Gasteiger partial charge in [0, 0.05) is 6.07 Å². The highest BCUT2D eigenvalue weighted by atomic mass is 79.9. The summed E-state index contributed by atoms with van der Waals surface area (Å²) in [6.07, 6.45) is 0. The lowest BCUT2D eigenvalue weighted by Crippen LogP contribution is -2.05. The Balaban J connectivity index is 2.56. The molecule has 2 aromatic rings. The molecule has 19 heavy (non-hydrogen) atoms. The number of hydrogen-bond donors (Lipinski definition) is 1. The Kier molecular flexibility index (Phi) is 3.99. The number of rotatable bonds is 3. The molecule has 5 nitrogen and oxygen atoms in total. The fraction of sp³-hybridized carbons (Fsp3) is 0.308. The van der Waals surface area contributed by atoms with E-state index in [0.717, 1.165) is 10.2 Å². The van der Waals surface area contributed by atoms with Crippen molar-refractivity contribution in [1.29, 1.82) is 0 Å². The van der Waals surface area contributed by atoms with Crippen LogP contribution in [-0.2, 0) is 0 Å². The second kappa shape index (κ2) is 5.52. The van der Waals surface area contributed by atoms with E-state index in [1.54, 1.807) is 13.2 Å². The van der Waals surface area contributed by atoms with Gasteiger partial charge >= 0.3 is 0 Å². The number of ether oxygens (including phenoxy) is 1. The molecule has 2 rings (SSSR count). The fourth-order valence-corrected chi connectivity index (χ4v) is 2.27. The Labute approximate surface area is 120 Å². The predicted octanol–water partition coefficient (Wildman–Crippen LogP) is 3.02. The zero-order valence-electron chi connectivity index (χ0n) is 11.0. The summed E-state index contributed by atoms with van der Waals surface area (Å²) in [7, 11) is 1.57. The second-order valence-corrected chi connectivity index (χ2v) is 5.14. The number of nitrogens with zero attached hydrogens (tertiary/aromatic N) is 3. The van der Waals surface area contributed by atoms with Gasteiger partial charge in [-0.1, -0.05) is 19.9 Å². The number of pyridine rings is 1. The minimum atomic E-state index is 0.240. The van der Waals surface area contributed by atoms with Crippen molar-refractivity contribution in [2.24, 2.45) is 0 Å². The minimum absolute atomic E-state index is 0.240. The van der Waals surface area contributed by atoms with E-state index in [0.29, 0.717) is 23.2 Å². The van der Waals surface area contributed by atoms with Crippen LogP contribution in [0.5, 0.6) is 5.88 Å². The quantitative estimate of drug-likeness (QED) is 0.940. The Morgan fingerprint density at radius 1 is 1.21 bits per heavy atom. The molecule has 0 aliphatic heterocycles. The zero-order chi connectivity index (χ0) is 14.0. The molecule has 2 heterocycles. The molecule has 0 aromatic carbocycles. The highest BCUT2D eigenvalue weighted by Gasteiger charge is 2.15. The Morgan fingerprint density at radius 2 is 1.95 bits per heavy atom. The minimum Gasteiger partial charge on any atom is -0.481 e. The van der Waals surface area contributed by atoms with E-state index < -0.39 is 0 Å². The monoisotopic (exact) mass is 322 g/mol. The first-order valence-corrected chi connectivity index (χ1v) is 6.66. The van der Waals surface area contributed by atoms with Crippen molar-refractivity contribution in [1.82, 2.24) is 15.0 Å². The standard InChI is InChI=1S/C13H15BrN4O/c1-7(2)11-10(14)12(15)18-13(17-11)8-5-4-6-9(16-8)19-3/h4-7H,1-3H3,(H2,15,17,18). The van der Waals surface area contributed by atoms with Crippen LogP contribution in [0.4, 0.5) is 5.82 Å². The summed E-state index contributed by atoms with van der Waals surface area (Å²) in [6, 6.07) is 5.45. The maximum atomic E-state index is 5.91. The van der Waals surface area contributed by atoms with E-state index in [1.807, 2.05) is 12.1 Å². The van der Waals surface area contributed by atoms with E-state index in [1.165, 1.54) is 0 Å². The number of nitrogens with two attached hydrogens (primary N) is 1. The van der Waals surface area contributed by atoms with Crippen molar-refractivity contribution in [3.8, 4) is 17.4 Å². The SMILES string of the molecule is COc1cccc(-c2nc(N)c(Br)c(C(C)C)n2)n1. The molecule has 2 aromatic heterocycles. The van der Waals surface area contributed by atoms with Crippen LogP contribution in [0.3, 0.4) is 0 Å². The van der Waals surface area contributed by atoms with E-state index >= 15 is 0 Å². The largest absolute Gasteiger partial charge is 0.481 e. The molecule has 0 saturated heterocycles. The van der Waals surface area contributed by atoms with Crippen molar-refractivity contribution < 1.29 is 4.74 Å². The number of halogens is 1. The lowest BCUT2D eigenvalue weighted by Gasteiger charge is -2.11. The van der Waals surface area contributed by atoms with E-state index in [9.17, 15) is 0 Å². The third-order valence-electron chi connectivity index (χ3n) is 2.61. The third-order valence-corrected chi connectivity index (χ3v) is 3.42. The number of methoxy groups -OCH3 is 1. The molecule has 0 radical (unpaired) electrons. The van der Waals surface area contributed by atoms with Crippen molar-refractivity contribution in [3.63, 3.8) is 0 Å². The molecule has 0 fully saturated rings. The average Bonchev–Trinajstić information content (AvgIpc) is 2.41. The summed E-state index contributed by atoms with van der Waals surface area (Å²) in [6.45, 7) is 4.10. The summed E-state index contributed by atoms with van der Waals surface area (Å²) >= 11 is 3.42. The van der Waals surface area contributed by atoms with Gasteiger partial charge in [-0.05, 0) is 27.9 Å². The van der Waals surface area contributed by atoms with Crippen molar-refractivity contribution in [2.75, 3.05) is 12.8 Å². The number of aromatic nitrogens is 3. The maximum absolute atomic E-state index is 5.91. The molecule has 0 atom stereocenters. The van der Waals surface area contributed by atoms with Gasteiger partial charge in [0.25, 0.3) is 0 Å². The van der Waals surface area contributed by atoms with Crippen molar-refractivity contribution >= 4 is 21.7 Å². The van der Waals surface area contributed by atoms with Gasteiger partial charge in [-0.2, -0.15) is 0 Å². The summed E-state index contributed by atoms with van der Waals surface area (Å²) < 4.78 is 5.85. The molecular formula is C13H15BrN4O. The molecule has 100 valence electrons. The zero-order valence-corrected chi connectivity index (χ0v) is 12.6. The Hall–Kier alpha value is -1.69. The second-order valence-electron chi connectivity index (χ2n) is 4.35. The first kappa shape index (κ1) is 13.7. The first-order chi connectivity index (χ1) is 9.02. The summed E-state index contributed by atoms with van der Waals surface area (Å²) in [5.74, 6) is 1.68. The van der Waals surface area contributed by atoms with Crippen LogP contribution in [0.15, 0.2) is 22.7 Å². The van der Waals surface area contributed by atoms with Crippen molar-refractivity contribution in [3.05, 3.63) is 28.4 Å². The molecular weight excluding hydrogens is 308 g/mol. The molecule has 0 aliphatic carbocycles. The first-order valence-electron chi connectivity index (χ1n) is 5.87. The van der Waals surface area contributed by atoms with Gasteiger partial charge in [-0.25, -0.2) is 15.0 Å². The van der Waals surface area contributed by atoms with Crippen LogP contribution in [0, 0.1) is 0 Å². The van der Waals surface area contributed by atoms with Gasteiger partial charge in [-0.15, -0.1) is 0 Å². The van der Waals surface area contributed by atoms with Crippen LogP contribution in [0.2, 0.25) is 0 Å². The molecule has 0 spiro atoms. The summed E-state index contributed by atoms with van der Waals surface area (Å²) in [5.41, 5.74) is 7.42. The van der Waals surface area contributed by atoms with Gasteiger partial charge in [0.1, 0.15) is 11.5 Å². The third kappa shape index (κ3) is 2.84. The number of hydrogen-bond acceptors (Lipinski definition) is 5. The predicted molar refractivity (Wildman–Crippen MR) is 78.0 cm³/mol. The lowest BCUT2D eigenvalue weighted by molar-refractivity contribution is 0.398.